The summed E-state index contributed by atoms with van der Waals surface area (Å²) in [4.78, 5) is 15.2. The largest absolute Gasteiger partial charge is 0.349 e. The molecule has 1 aliphatic carbocycles. The summed E-state index contributed by atoms with van der Waals surface area (Å²) < 4.78 is 0. The summed E-state index contributed by atoms with van der Waals surface area (Å²) in [6, 6.07) is 9.72. The quantitative estimate of drug-likeness (QED) is 0.923. The van der Waals surface area contributed by atoms with Gasteiger partial charge < -0.3 is 5.32 Å². The predicted molar refractivity (Wildman–Crippen MR) is 88.2 cm³/mol. The van der Waals surface area contributed by atoms with Crippen LogP contribution < -0.4 is 5.32 Å². The molecule has 1 N–H and O–H groups in total. The van der Waals surface area contributed by atoms with E-state index in [0.29, 0.717) is 28.7 Å². The summed E-state index contributed by atoms with van der Waals surface area (Å²) >= 11 is 5.89. The maximum Gasteiger partial charge on any atom is 0.251 e. The molecule has 1 aromatic rings. The van der Waals surface area contributed by atoms with Gasteiger partial charge in [0.05, 0.1) is 0 Å². The zero-order chi connectivity index (χ0) is 15.1. The Bertz CT molecular complexity index is 541. The van der Waals surface area contributed by atoms with Crippen molar-refractivity contribution in [3.63, 3.8) is 0 Å². The number of hydrogen-bond acceptors (Lipinski definition) is 2. The number of fused-ring (bicyclic) bond motifs is 2. The predicted octanol–water partition coefficient (Wildman–Crippen LogP) is 3.62. The molecule has 2 bridgehead atoms. The van der Waals surface area contributed by atoms with Gasteiger partial charge in [0.1, 0.15) is 0 Å². The van der Waals surface area contributed by atoms with E-state index < -0.39 is 0 Å². The minimum atomic E-state index is 0.0413. The van der Waals surface area contributed by atoms with Crippen molar-refractivity contribution in [1.29, 1.82) is 0 Å². The molecule has 3 atom stereocenters. The number of benzene rings is 1. The summed E-state index contributed by atoms with van der Waals surface area (Å²) in [6.07, 6.45) is 8.97. The van der Waals surface area contributed by atoms with Gasteiger partial charge in [-0.3, -0.25) is 9.69 Å². The molecule has 4 rings (SSSR count). The van der Waals surface area contributed by atoms with Gasteiger partial charge in [0.25, 0.3) is 5.91 Å². The van der Waals surface area contributed by atoms with E-state index in [-0.39, 0.29) is 5.91 Å². The van der Waals surface area contributed by atoms with Crippen LogP contribution in [0.2, 0.25) is 5.02 Å². The highest BCUT2D eigenvalue weighted by atomic mass is 35.5. The van der Waals surface area contributed by atoms with Gasteiger partial charge in [0.15, 0.2) is 0 Å². The number of piperidine rings is 2. The second-order valence-corrected chi connectivity index (χ2v) is 7.50. The average Bonchev–Trinajstić information content (AvgIpc) is 3.31. The van der Waals surface area contributed by atoms with E-state index in [0.717, 1.165) is 18.9 Å². The monoisotopic (exact) mass is 318 g/mol. The number of amides is 1. The topological polar surface area (TPSA) is 32.3 Å². The van der Waals surface area contributed by atoms with Crippen molar-refractivity contribution in [3.8, 4) is 0 Å². The lowest BCUT2D eigenvalue weighted by molar-refractivity contribution is 0.0175. The fourth-order valence-electron chi connectivity index (χ4n) is 4.37. The van der Waals surface area contributed by atoms with E-state index >= 15 is 0 Å². The zero-order valence-electron chi connectivity index (χ0n) is 12.8. The fraction of sp³-hybridized carbons (Fsp3) is 0.611. The van der Waals surface area contributed by atoms with Gasteiger partial charge in [-0.15, -0.1) is 0 Å². The second kappa shape index (κ2) is 5.86. The van der Waals surface area contributed by atoms with Crippen LogP contribution >= 0.6 is 11.6 Å². The van der Waals surface area contributed by atoms with Crippen LogP contribution in [0.5, 0.6) is 0 Å². The molecular weight excluding hydrogens is 296 g/mol. The molecule has 0 spiro atoms. The van der Waals surface area contributed by atoms with Crippen molar-refractivity contribution < 1.29 is 4.79 Å². The summed E-state index contributed by atoms with van der Waals surface area (Å²) in [7, 11) is 0. The second-order valence-electron chi connectivity index (χ2n) is 7.07. The molecule has 2 saturated heterocycles. The van der Waals surface area contributed by atoms with E-state index in [1.807, 2.05) is 0 Å². The molecule has 3 nitrogen and oxygen atoms in total. The first-order valence-electron chi connectivity index (χ1n) is 8.54. The van der Waals surface area contributed by atoms with Crippen LogP contribution in [0.25, 0.3) is 0 Å². The Kier molecular flexibility index (Phi) is 3.87. The van der Waals surface area contributed by atoms with Crippen molar-refractivity contribution in [2.24, 2.45) is 0 Å². The number of nitrogens with zero attached hydrogens (tertiary/aromatic N) is 1. The Hall–Kier alpha value is -1.06. The third-order valence-corrected chi connectivity index (χ3v) is 5.69. The molecule has 3 fully saturated rings. The van der Waals surface area contributed by atoms with E-state index in [4.69, 9.17) is 11.6 Å². The van der Waals surface area contributed by atoms with E-state index in [1.165, 1.54) is 32.1 Å². The van der Waals surface area contributed by atoms with Gasteiger partial charge >= 0.3 is 0 Å². The number of nitrogens with one attached hydrogen (secondary N) is 1. The lowest BCUT2D eigenvalue weighted by atomic mass is 9.81. The maximum atomic E-state index is 12.4. The van der Waals surface area contributed by atoms with Crippen molar-refractivity contribution in [3.05, 3.63) is 34.9 Å². The van der Waals surface area contributed by atoms with Gasteiger partial charge in [-0.05, 0) is 62.8 Å². The first-order chi connectivity index (χ1) is 10.7. The van der Waals surface area contributed by atoms with Crippen LogP contribution in [0, 0.1) is 0 Å². The number of carbonyl (C=O) groups excluding carboxylic acids is 1. The normalized spacial score (nSPS) is 31.8. The Morgan fingerprint density at radius 3 is 2.23 bits per heavy atom. The minimum Gasteiger partial charge on any atom is -0.349 e. The highest BCUT2D eigenvalue weighted by Gasteiger charge is 2.45. The first kappa shape index (κ1) is 14.5. The SMILES string of the molecule is O=C(NC1C[C@H]2CCC[C@@H](C1)N2C1CC1)c1ccc(Cl)cc1. The minimum absolute atomic E-state index is 0.0413. The van der Waals surface area contributed by atoms with E-state index in [9.17, 15) is 4.79 Å². The van der Waals surface area contributed by atoms with Gasteiger partial charge in [-0.2, -0.15) is 0 Å². The van der Waals surface area contributed by atoms with Crippen molar-refractivity contribution in [1.82, 2.24) is 10.2 Å². The summed E-state index contributed by atoms with van der Waals surface area (Å²) in [5.41, 5.74) is 0.708. The molecule has 1 aromatic carbocycles. The standard InChI is InChI=1S/C18H23ClN2O/c19-13-6-4-12(5-7-13)18(22)20-14-10-16-2-1-3-17(11-14)21(16)15-8-9-15/h4-7,14-17H,1-3,8-11H2,(H,20,22)/t14?,16-,17+. The average molecular weight is 319 g/mol. The van der Waals surface area contributed by atoms with Gasteiger partial charge in [0, 0.05) is 34.8 Å². The lowest BCUT2D eigenvalue weighted by Gasteiger charge is -2.49. The Morgan fingerprint density at radius 1 is 1.00 bits per heavy atom. The Morgan fingerprint density at radius 2 is 1.64 bits per heavy atom. The molecule has 2 aliphatic heterocycles. The molecule has 3 aliphatic rings. The third kappa shape index (κ3) is 2.89. The van der Waals surface area contributed by atoms with Crippen LogP contribution in [-0.4, -0.2) is 35.0 Å². The number of hydrogen-bond donors (Lipinski definition) is 1. The number of halogens is 1. The van der Waals surface area contributed by atoms with Crippen LogP contribution in [0.1, 0.15) is 55.3 Å². The maximum absolute atomic E-state index is 12.4. The van der Waals surface area contributed by atoms with E-state index in [2.05, 4.69) is 10.2 Å². The number of carbonyl (C=O) groups is 1. The number of rotatable bonds is 3. The summed E-state index contributed by atoms with van der Waals surface area (Å²) in [5, 5.41) is 3.92. The van der Waals surface area contributed by atoms with Crippen LogP contribution in [-0.2, 0) is 0 Å². The van der Waals surface area contributed by atoms with Gasteiger partial charge in [0.2, 0.25) is 0 Å². The Labute approximate surface area is 137 Å². The smallest absolute Gasteiger partial charge is 0.251 e. The zero-order valence-corrected chi connectivity index (χ0v) is 13.6. The van der Waals surface area contributed by atoms with Crippen molar-refractivity contribution in [2.75, 3.05) is 0 Å². The highest BCUT2D eigenvalue weighted by molar-refractivity contribution is 6.30. The van der Waals surface area contributed by atoms with Crippen molar-refractivity contribution in [2.45, 2.75) is 69.1 Å². The van der Waals surface area contributed by atoms with Crippen LogP contribution in [0.4, 0.5) is 0 Å². The van der Waals surface area contributed by atoms with Gasteiger partial charge in [-0.25, -0.2) is 0 Å². The molecular formula is C18H23ClN2O. The van der Waals surface area contributed by atoms with Crippen LogP contribution in [0.3, 0.4) is 0 Å². The summed E-state index contributed by atoms with van der Waals surface area (Å²) in [6.45, 7) is 0. The fourth-order valence-corrected chi connectivity index (χ4v) is 4.50. The molecule has 1 saturated carbocycles. The third-order valence-electron chi connectivity index (χ3n) is 5.44. The summed E-state index contributed by atoms with van der Waals surface area (Å²) in [5.74, 6) is 0.0413. The Balaban J connectivity index is 1.41. The molecule has 118 valence electrons. The van der Waals surface area contributed by atoms with Gasteiger partial charge in [-0.1, -0.05) is 18.0 Å². The van der Waals surface area contributed by atoms with E-state index in [1.54, 1.807) is 24.3 Å². The molecule has 1 amide bonds. The lowest BCUT2D eigenvalue weighted by Crippen LogP contribution is -2.57. The molecule has 1 unspecified atom stereocenters. The van der Waals surface area contributed by atoms with Crippen molar-refractivity contribution >= 4 is 17.5 Å². The first-order valence-corrected chi connectivity index (χ1v) is 8.92. The molecule has 0 radical (unpaired) electrons. The molecule has 2 heterocycles. The molecule has 22 heavy (non-hydrogen) atoms. The van der Waals surface area contributed by atoms with Crippen LogP contribution in [0.15, 0.2) is 24.3 Å². The molecule has 4 heteroatoms. The molecule has 0 aromatic heterocycles. The highest BCUT2D eigenvalue weighted by Crippen LogP contribution is 2.41.